The maximum atomic E-state index is 4.33. The van der Waals surface area contributed by atoms with Gasteiger partial charge in [0, 0.05) is 23.8 Å². The van der Waals surface area contributed by atoms with E-state index < -0.39 is 0 Å². The van der Waals surface area contributed by atoms with E-state index >= 15 is 0 Å². The fraction of sp³-hybridized carbons (Fsp3) is 0.533. The van der Waals surface area contributed by atoms with Gasteiger partial charge in [0.05, 0.1) is 17.7 Å². The molecule has 2 heterocycles. The third kappa shape index (κ3) is 3.91. The molecule has 0 saturated heterocycles. The summed E-state index contributed by atoms with van der Waals surface area (Å²) in [6, 6.07) is 2.66. The molecule has 1 N–H and O–H groups in total. The van der Waals surface area contributed by atoms with Crippen LogP contribution in [0.5, 0.6) is 0 Å². The highest BCUT2D eigenvalue weighted by atomic mass is 32.1. The highest BCUT2D eigenvalue weighted by Gasteiger charge is 2.15. The molecule has 2 aromatic heterocycles. The number of aromatic nitrogens is 2. The van der Waals surface area contributed by atoms with Crippen LogP contribution in [0.25, 0.3) is 0 Å². The highest BCUT2D eigenvalue weighted by molar-refractivity contribution is 7.07. The fourth-order valence-corrected chi connectivity index (χ4v) is 2.83. The van der Waals surface area contributed by atoms with Crippen molar-refractivity contribution in [1.29, 1.82) is 0 Å². The molecule has 0 bridgehead atoms. The molecular formula is C15H23N3S. The second kappa shape index (κ2) is 6.87. The Morgan fingerprint density at radius 1 is 1.42 bits per heavy atom. The molecule has 1 atom stereocenters. The van der Waals surface area contributed by atoms with E-state index in [1.807, 2.05) is 5.51 Å². The van der Waals surface area contributed by atoms with Gasteiger partial charge in [-0.25, -0.2) is 4.98 Å². The third-order valence-corrected chi connectivity index (χ3v) is 3.88. The van der Waals surface area contributed by atoms with E-state index in [9.17, 15) is 0 Å². The second-order valence-electron chi connectivity index (χ2n) is 5.27. The summed E-state index contributed by atoms with van der Waals surface area (Å²) < 4.78 is 2.22. The van der Waals surface area contributed by atoms with Crippen molar-refractivity contribution in [2.45, 2.75) is 39.8 Å². The van der Waals surface area contributed by atoms with Crippen LogP contribution in [-0.2, 0) is 6.54 Å². The predicted octanol–water partition coefficient (Wildman–Crippen LogP) is 3.69. The van der Waals surface area contributed by atoms with Crippen molar-refractivity contribution in [2.24, 2.45) is 5.92 Å². The first kappa shape index (κ1) is 14.3. The topological polar surface area (TPSA) is 29.9 Å². The maximum Gasteiger partial charge on any atom is 0.0795 e. The van der Waals surface area contributed by atoms with Gasteiger partial charge in [-0.1, -0.05) is 20.8 Å². The van der Waals surface area contributed by atoms with E-state index in [4.69, 9.17) is 0 Å². The van der Waals surface area contributed by atoms with Gasteiger partial charge in [0.1, 0.15) is 0 Å². The van der Waals surface area contributed by atoms with Crippen LogP contribution in [0.2, 0.25) is 0 Å². The van der Waals surface area contributed by atoms with Crippen molar-refractivity contribution in [3.8, 4) is 0 Å². The van der Waals surface area contributed by atoms with E-state index in [2.05, 4.69) is 59.5 Å². The zero-order valence-electron chi connectivity index (χ0n) is 12.0. The summed E-state index contributed by atoms with van der Waals surface area (Å²) in [5.74, 6) is 0.599. The number of nitrogens with zero attached hydrogens (tertiary/aromatic N) is 2. The molecule has 0 fully saturated rings. The summed E-state index contributed by atoms with van der Waals surface area (Å²) in [6.45, 7) is 8.68. The van der Waals surface area contributed by atoms with Crippen LogP contribution in [0.1, 0.15) is 44.5 Å². The molecule has 0 aliphatic carbocycles. The van der Waals surface area contributed by atoms with E-state index in [0.717, 1.165) is 18.8 Å². The van der Waals surface area contributed by atoms with Gasteiger partial charge in [-0.3, -0.25) is 0 Å². The van der Waals surface area contributed by atoms with E-state index in [0.29, 0.717) is 12.0 Å². The average molecular weight is 277 g/mol. The van der Waals surface area contributed by atoms with Crippen LogP contribution in [0.4, 0.5) is 0 Å². The Morgan fingerprint density at radius 3 is 2.89 bits per heavy atom. The Hall–Kier alpha value is -1.13. The molecule has 0 aliphatic heterocycles. The largest absolute Gasteiger partial charge is 0.348 e. The molecule has 104 valence electrons. The minimum Gasteiger partial charge on any atom is -0.348 e. The molecule has 0 aromatic carbocycles. The van der Waals surface area contributed by atoms with Crippen LogP contribution in [-0.4, -0.2) is 16.1 Å². The third-order valence-electron chi connectivity index (χ3n) is 3.24. The zero-order chi connectivity index (χ0) is 13.7. The van der Waals surface area contributed by atoms with E-state index in [1.165, 1.54) is 12.0 Å². The maximum absolute atomic E-state index is 4.33. The van der Waals surface area contributed by atoms with Crippen LogP contribution < -0.4 is 5.32 Å². The highest BCUT2D eigenvalue weighted by Crippen LogP contribution is 2.22. The Kier molecular flexibility index (Phi) is 5.16. The van der Waals surface area contributed by atoms with Gasteiger partial charge >= 0.3 is 0 Å². The first-order valence-corrected chi connectivity index (χ1v) is 7.91. The summed E-state index contributed by atoms with van der Waals surface area (Å²) in [5, 5.41) is 5.74. The molecule has 2 aromatic rings. The number of nitrogens with one attached hydrogen (secondary N) is 1. The summed E-state index contributed by atoms with van der Waals surface area (Å²) in [4.78, 5) is 4.33. The lowest BCUT2D eigenvalue weighted by Crippen LogP contribution is -2.26. The molecule has 0 radical (unpaired) electrons. The van der Waals surface area contributed by atoms with Crippen molar-refractivity contribution in [3.05, 3.63) is 40.6 Å². The molecule has 0 aliphatic rings. The first-order valence-electron chi connectivity index (χ1n) is 6.96. The summed E-state index contributed by atoms with van der Waals surface area (Å²) in [6.07, 6.45) is 5.56. The Labute approximate surface area is 119 Å². The van der Waals surface area contributed by atoms with Crippen molar-refractivity contribution in [1.82, 2.24) is 14.9 Å². The van der Waals surface area contributed by atoms with Crippen molar-refractivity contribution in [3.63, 3.8) is 0 Å². The smallest absolute Gasteiger partial charge is 0.0795 e. The SMILES string of the molecule is CCCNC(c1ccn(Cc2cscn2)c1)C(C)C. The quantitative estimate of drug-likeness (QED) is 0.836. The second-order valence-corrected chi connectivity index (χ2v) is 5.99. The monoisotopic (exact) mass is 277 g/mol. The van der Waals surface area contributed by atoms with Gasteiger partial charge in [-0.2, -0.15) is 0 Å². The minimum atomic E-state index is 0.441. The molecule has 1 unspecified atom stereocenters. The molecular weight excluding hydrogens is 254 g/mol. The number of hydrogen-bond donors (Lipinski definition) is 1. The molecule has 19 heavy (non-hydrogen) atoms. The molecule has 3 nitrogen and oxygen atoms in total. The van der Waals surface area contributed by atoms with Crippen LogP contribution in [0.3, 0.4) is 0 Å². The lowest BCUT2D eigenvalue weighted by atomic mass is 9.98. The van der Waals surface area contributed by atoms with E-state index in [-0.39, 0.29) is 0 Å². The Bertz CT molecular complexity index is 473. The normalized spacial score (nSPS) is 13.1. The van der Waals surface area contributed by atoms with E-state index in [1.54, 1.807) is 11.3 Å². The lowest BCUT2D eigenvalue weighted by molar-refractivity contribution is 0.412. The van der Waals surface area contributed by atoms with Crippen LogP contribution in [0, 0.1) is 5.92 Å². The lowest BCUT2D eigenvalue weighted by Gasteiger charge is -2.21. The predicted molar refractivity (Wildman–Crippen MR) is 81.5 cm³/mol. The molecule has 0 amide bonds. The molecule has 0 spiro atoms. The Morgan fingerprint density at radius 2 is 2.26 bits per heavy atom. The number of hydrogen-bond acceptors (Lipinski definition) is 3. The summed E-state index contributed by atoms with van der Waals surface area (Å²) >= 11 is 1.65. The van der Waals surface area contributed by atoms with Gasteiger partial charge in [-0.05, 0) is 30.5 Å². The number of rotatable bonds is 7. The van der Waals surface area contributed by atoms with Gasteiger partial charge < -0.3 is 9.88 Å². The van der Waals surface area contributed by atoms with Crippen molar-refractivity contribution in [2.75, 3.05) is 6.54 Å². The summed E-state index contributed by atoms with van der Waals surface area (Å²) in [7, 11) is 0. The van der Waals surface area contributed by atoms with Crippen LogP contribution >= 0.6 is 11.3 Å². The average Bonchev–Trinajstić information content (AvgIpc) is 3.02. The van der Waals surface area contributed by atoms with Crippen LogP contribution in [0.15, 0.2) is 29.4 Å². The van der Waals surface area contributed by atoms with Gasteiger partial charge in [0.25, 0.3) is 0 Å². The molecule has 0 saturated carbocycles. The first-order chi connectivity index (χ1) is 9.20. The zero-order valence-corrected chi connectivity index (χ0v) is 12.8. The minimum absolute atomic E-state index is 0.441. The summed E-state index contributed by atoms with van der Waals surface area (Å²) in [5.41, 5.74) is 4.40. The standard InChI is InChI=1S/C15H23N3S/c1-4-6-16-15(12(2)3)13-5-7-18(8-13)9-14-10-19-11-17-14/h5,7-8,10-12,15-16H,4,6,9H2,1-3H3. The molecule has 4 heteroatoms. The van der Waals surface area contributed by atoms with Crippen molar-refractivity contribution >= 4 is 11.3 Å². The number of thiazole rings is 1. The van der Waals surface area contributed by atoms with Gasteiger partial charge in [0.2, 0.25) is 0 Å². The van der Waals surface area contributed by atoms with Crippen molar-refractivity contribution < 1.29 is 0 Å². The molecule has 2 rings (SSSR count). The van der Waals surface area contributed by atoms with Gasteiger partial charge in [-0.15, -0.1) is 11.3 Å². The van der Waals surface area contributed by atoms with Gasteiger partial charge in [0.15, 0.2) is 0 Å². The Balaban J connectivity index is 2.05. The fourth-order valence-electron chi connectivity index (χ4n) is 2.28.